The van der Waals surface area contributed by atoms with Crippen molar-refractivity contribution in [3.63, 3.8) is 0 Å². The van der Waals surface area contributed by atoms with Crippen molar-refractivity contribution in [3.05, 3.63) is 41.9 Å². The van der Waals surface area contributed by atoms with E-state index < -0.39 is 0 Å². The molecule has 0 bridgehead atoms. The molecule has 1 atom stereocenters. The second-order valence-electron chi connectivity index (χ2n) is 7.04. The minimum atomic E-state index is 0.155. The van der Waals surface area contributed by atoms with Gasteiger partial charge in [0, 0.05) is 36.6 Å². The number of nitrogens with zero attached hydrogens (tertiary/aromatic N) is 4. The highest BCUT2D eigenvalue weighted by Gasteiger charge is 2.28. The molecule has 25 heavy (non-hydrogen) atoms. The van der Waals surface area contributed by atoms with Crippen LogP contribution >= 0.6 is 0 Å². The van der Waals surface area contributed by atoms with Crippen molar-refractivity contribution in [3.8, 4) is 11.5 Å². The average Bonchev–Trinajstić information content (AvgIpc) is 3.39. The van der Waals surface area contributed by atoms with Crippen molar-refractivity contribution in [2.45, 2.75) is 24.8 Å². The van der Waals surface area contributed by atoms with E-state index in [1.165, 1.54) is 12.8 Å². The minimum absolute atomic E-state index is 0.155. The summed E-state index contributed by atoms with van der Waals surface area (Å²) in [5, 5.41) is 8.74. The van der Waals surface area contributed by atoms with Gasteiger partial charge in [-0.1, -0.05) is 23.4 Å². The molecule has 2 aromatic heterocycles. The molecule has 1 aliphatic carbocycles. The van der Waals surface area contributed by atoms with E-state index in [1.54, 1.807) is 0 Å². The van der Waals surface area contributed by atoms with E-state index in [9.17, 15) is 0 Å². The van der Waals surface area contributed by atoms with Gasteiger partial charge in [-0.3, -0.25) is 9.88 Å². The maximum Gasteiger partial charge on any atom is 0.258 e. The molecule has 0 amide bonds. The van der Waals surface area contributed by atoms with Crippen LogP contribution in [0.3, 0.4) is 0 Å². The number of hydrogen-bond acceptors (Lipinski definition) is 6. The first-order valence-electron chi connectivity index (χ1n) is 8.94. The zero-order chi connectivity index (χ0) is 16.8. The Labute approximate surface area is 146 Å². The van der Waals surface area contributed by atoms with E-state index in [1.807, 2.05) is 12.1 Å². The Balaban J connectivity index is 1.59. The van der Waals surface area contributed by atoms with Crippen LogP contribution in [0.4, 0.5) is 0 Å². The van der Waals surface area contributed by atoms with Crippen LogP contribution < -0.4 is 5.32 Å². The van der Waals surface area contributed by atoms with Gasteiger partial charge in [0.2, 0.25) is 0 Å². The summed E-state index contributed by atoms with van der Waals surface area (Å²) in [6, 6.07) is 10.5. The SMILES string of the molecule is CN1CCNCC1c1noc(-c2cc(C3CC3)nc3ccccc23)n1. The topological polar surface area (TPSA) is 67.1 Å². The lowest BCUT2D eigenvalue weighted by Crippen LogP contribution is -2.44. The summed E-state index contributed by atoms with van der Waals surface area (Å²) in [6.45, 7) is 2.83. The Morgan fingerprint density at radius 2 is 2.08 bits per heavy atom. The molecule has 3 heterocycles. The lowest BCUT2D eigenvalue weighted by Gasteiger charge is -2.30. The van der Waals surface area contributed by atoms with Gasteiger partial charge in [0.15, 0.2) is 5.82 Å². The van der Waals surface area contributed by atoms with Crippen molar-refractivity contribution in [1.29, 1.82) is 0 Å². The molecule has 1 saturated carbocycles. The van der Waals surface area contributed by atoms with Crippen molar-refractivity contribution in [2.24, 2.45) is 0 Å². The highest BCUT2D eigenvalue weighted by atomic mass is 16.5. The Morgan fingerprint density at radius 1 is 1.20 bits per heavy atom. The number of hydrogen-bond donors (Lipinski definition) is 1. The lowest BCUT2D eigenvalue weighted by atomic mass is 10.1. The first-order chi connectivity index (χ1) is 12.3. The highest BCUT2D eigenvalue weighted by Crippen LogP contribution is 2.41. The van der Waals surface area contributed by atoms with E-state index >= 15 is 0 Å². The normalized spacial score (nSPS) is 21.7. The molecule has 1 aliphatic heterocycles. The number of rotatable bonds is 3. The quantitative estimate of drug-likeness (QED) is 0.794. The van der Waals surface area contributed by atoms with Gasteiger partial charge in [0.25, 0.3) is 5.89 Å². The summed E-state index contributed by atoms with van der Waals surface area (Å²) in [5.41, 5.74) is 3.14. The zero-order valence-electron chi connectivity index (χ0n) is 14.3. The second-order valence-corrected chi connectivity index (χ2v) is 7.04. The number of pyridine rings is 1. The molecule has 1 aromatic carbocycles. The van der Waals surface area contributed by atoms with Gasteiger partial charge in [-0.05, 0) is 32.0 Å². The number of piperazine rings is 1. The van der Waals surface area contributed by atoms with Crippen molar-refractivity contribution >= 4 is 10.9 Å². The third kappa shape index (κ3) is 2.71. The molecule has 6 heteroatoms. The molecule has 1 saturated heterocycles. The second kappa shape index (κ2) is 5.89. The third-order valence-electron chi connectivity index (χ3n) is 5.21. The third-order valence-corrected chi connectivity index (χ3v) is 5.21. The van der Waals surface area contributed by atoms with Crippen LogP contribution in [-0.4, -0.2) is 46.7 Å². The van der Waals surface area contributed by atoms with Crippen LogP contribution in [0.2, 0.25) is 0 Å². The van der Waals surface area contributed by atoms with Crippen molar-refractivity contribution in [1.82, 2.24) is 25.3 Å². The number of likely N-dealkylation sites (N-methyl/N-ethyl adjacent to an activating group) is 1. The molecular weight excluding hydrogens is 314 g/mol. The monoisotopic (exact) mass is 335 g/mol. The molecule has 1 unspecified atom stereocenters. The fraction of sp³-hybridized carbons (Fsp3) is 0.421. The molecule has 2 fully saturated rings. The number of aromatic nitrogens is 3. The van der Waals surface area contributed by atoms with E-state index in [2.05, 4.69) is 40.6 Å². The summed E-state index contributed by atoms with van der Waals surface area (Å²) in [6.07, 6.45) is 2.44. The maximum atomic E-state index is 5.67. The minimum Gasteiger partial charge on any atom is -0.334 e. The van der Waals surface area contributed by atoms with Gasteiger partial charge in [-0.2, -0.15) is 4.98 Å². The van der Waals surface area contributed by atoms with Crippen LogP contribution in [0.1, 0.15) is 36.3 Å². The number of nitrogens with one attached hydrogen (secondary N) is 1. The van der Waals surface area contributed by atoms with Gasteiger partial charge < -0.3 is 9.84 Å². The summed E-state index contributed by atoms with van der Waals surface area (Å²) in [7, 11) is 2.11. The molecule has 128 valence electrons. The van der Waals surface area contributed by atoms with E-state index in [4.69, 9.17) is 14.5 Å². The van der Waals surface area contributed by atoms with Crippen LogP contribution in [0.5, 0.6) is 0 Å². The van der Waals surface area contributed by atoms with Gasteiger partial charge in [0.05, 0.1) is 17.1 Å². The van der Waals surface area contributed by atoms with Crippen molar-refractivity contribution < 1.29 is 4.52 Å². The predicted octanol–water partition coefficient (Wildman–Crippen LogP) is 2.74. The molecule has 2 aliphatic rings. The van der Waals surface area contributed by atoms with Crippen LogP contribution in [-0.2, 0) is 0 Å². The van der Waals surface area contributed by atoms with Gasteiger partial charge in [-0.25, -0.2) is 0 Å². The molecule has 0 spiro atoms. The molecule has 0 radical (unpaired) electrons. The average molecular weight is 335 g/mol. The van der Waals surface area contributed by atoms with Crippen LogP contribution in [0, 0.1) is 0 Å². The van der Waals surface area contributed by atoms with E-state index in [0.29, 0.717) is 11.8 Å². The molecule has 3 aromatic rings. The number of para-hydroxylation sites is 1. The van der Waals surface area contributed by atoms with E-state index in [-0.39, 0.29) is 6.04 Å². The molecule has 5 rings (SSSR count). The summed E-state index contributed by atoms with van der Waals surface area (Å²) in [4.78, 5) is 11.8. The maximum absolute atomic E-state index is 5.67. The Hall–Kier alpha value is -2.31. The molecule has 1 N–H and O–H groups in total. The number of fused-ring (bicyclic) bond motifs is 1. The van der Waals surface area contributed by atoms with Crippen LogP contribution in [0.15, 0.2) is 34.9 Å². The van der Waals surface area contributed by atoms with Gasteiger partial charge in [-0.15, -0.1) is 0 Å². The largest absolute Gasteiger partial charge is 0.334 e. The van der Waals surface area contributed by atoms with Gasteiger partial charge in [0.1, 0.15) is 0 Å². The van der Waals surface area contributed by atoms with Crippen LogP contribution in [0.25, 0.3) is 22.4 Å². The smallest absolute Gasteiger partial charge is 0.258 e. The first-order valence-corrected chi connectivity index (χ1v) is 8.94. The Morgan fingerprint density at radius 3 is 2.92 bits per heavy atom. The predicted molar refractivity (Wildman–Crippen MR) is 95.3 cm³/mol. The highest BCUT2D eigenvalue weighted by molar-refractivity contribution is 5.92. The van der Waals surface area contributed by atoms with Gasteiger partial charge >= 0.3 is 0 Å². The summed E-state index contributed by atoms with van der Waals surface area (Å²) in [5.74, 6) is 1.92. The molecule has 6 nitrogen and oxygen atoms in total. The zero-order valence-corrected chi connectivity index (χ0v) is 14.3. The summed E-state index contributed by atoms with van der Waals surface area (Å²) >= 11 is 0. The Kier molecular flexibility index (Phi) is 3.53. The number of benzene rings is 1. The van der Waals surface area contributed by atoms with Crippen molar-refractivity contribution in [2.75, 3.05) is 26.7 Å². The fourth-order valence-corrected chi connectivity index (χ4v) is 3.53. The summed E-state index contributed by atoms with van der Waals surface area (Å²) < 4.78 is 5.67. The van der Waals surface area contributed by atoms with E-state index in [0.717, 1.165) is 47.6 Å². The first kappa shape index (κ1) is 15.0. The molecular formula is C19H21N5O. The standard InChI is InChI=1S/C19H21N5O/c1-24-9-8-20-11-17(24)18-22-19(25-23-18)14-10-16(12-6-7-12)21-15-5-3-2-4-13(14)15/h2-5,10,12,17,20H,6-9,11H2,1H3. The Bertz CT molecular complexity index is 917. The lowest BCUT2D eigenvalue weighted by molar-refractivity contribution is 0.190. The fourth-order valence-electron chi connectivity index (χ4n) is 3.53.